The lowest BCUT2D eigenvalue weighted by atomic mass is 10.3. The second kappa shape index (κ2) is 7.49. The first-order valence-electron chi connectivity index (χ1n) is 8.61. The number of fused-ring (bicyclic) bond motifs is 1. The highest BCUT2D eigenvalue weighted by molar-refractivity contribution is 5.80. The van der Waals surface area contributed by atoms with E-state index in [2.05, 4.69) is 25.2 Å². The quantitative estimate of drug-likeness (QED) is 0.737. The fraction of sp³-hybridized carbons (Fsp3) is 0.333. The molecule has 1 saturated heterocycles. The largest absolute Gasteiger partial charge is 0.378 e. The topological polar surface area (TPSA) is 85.2 Å². The number of morpholine rings is 1. The van der Waals surface area contributed by atoms with Crippen molar-refractivity contribution in [3.05, 3.63) is 48.5 Å². The SMILES string of the molecule is O=C(Cn1cnc2ccccc21)NCc1ccnc(N2CCOCC2)n1. The van der Waals surface area contributed by atoms with Gasteiger partial charge in [-0.1, -0.05) is 12.1 Å². The summed E-state index contributed by atoms with van der Waals surface area (Å²) in [6.07, 6.45) is 3.41. The molecule has 4 rings (SSSR count). The molecule has 0 aliphatic carbocycles. The summed E-state index contributed by atoms with van der Waals surface area (Å²) in [5.41, 5.74) is 2.61. The standard InChI is InChI=1S/C18H20N6O2/c25-17(12-24-13-21-15-3-1-2-4-16(15)24)20-11-14-5-6-19-18(22-14)23-7-9-26-10-8-23/h1-6,13H,7-12H2,(H,20,25). The molecule has 8 nitrogen and oxygen atoms in total. The number of benzene rings is 1. The Hall–Kier alpha value is -3.00. The lowest BCUT2D eigenvalue weighted by molar-refractivity contribution is -0.121. The highest BCUT2D eigenvalue weighted by Crippen LogP contribution is 2.12. The van der Waals surface area contributed by atoms with Gasteiger partial charge < -0.3 is 19.5 Å². The van der Waals surface area contributed by atoms with E-state index < -0.39 is 0 Å². The van der Waals surface area contributed by atoms with Gasteiger partial charge in [0.2, 0.25) is 11.9 Å². The summed E-state index contributed by atoms with van der Waals surface area (Å²) in [5, 5.41) is 2.91. The average molecular weight is 352 g/mol. The highest BCUT2D eigenvalue weighted by atomic mass is 16.5. The van der Waals surface area contributed by atoms with Crippen molar-refractivity contribution in [3.8, 4) is 0 Å². The molecule has 134 valence electrons. The minimum absolute atomic E-state index is 0.0836. The van der Waals surface area contributed by atoms with E-state index in [4.69, 9.17) is 4.74 Å². The summed E-state index contributed by atoms with van der Waals surface area (Å²) in [6, 6.07) is 9.57. The van der Waals surface area contributed by atoms with Crippen molar-refractivity contribution in [1.29, 1.82) is 0 Å². The Kier molecular flexibility index (Phi) is 4.74. The summed E-state index contributed by atoms with van der Waals surface area (Å²) in [7, 11) is 0. The molecule has 0 bridgehead atoms. The molecule has 0 saturated carbocycles. The highest BCUT2D eigenvalue weighted by Gasteiger charge is 2.14. The Bertz CT molecular complexity index is 903. The molecule has 1 N–H and O–H groups in total. The Labute approximate surface area is 150 Å². The molecular formula is C18H20N6O2. The van der Waals surface area contributed by atoms with Crippen LogP contribution in [0.15, 0.2) is 42.9 Å². The number of carbonyl (C=O) groups excluding carboxylic acids is 1. The first-order chi connectivity index (χ1) is 12.8. The fourth-order valence-electron chi connectivity index (χ4n) is 2.93. The van der Waals surface area contributed by atoms with Crippen LogP contribution >= 0.6 is 0 Å². The van der Waals surface area contributed by atoms with E-state index in [1.165, 1.54) is 0 Å². The zero-order valence-electron chi connectivity index (χ0n) is 14.3. The van der Waals surface area contributed by atoms with E-state index in [1.807, 2.05) is 34.9 Å². The lowest BCUT2D eigenvalue weighted by Crippen LogP contribution is -2.37. The molecular weight excluding hydrogens is 332 g/mol. The van der Waals surface area contributed by atoms with E-state index in [0.717, 1.165) is 29.8 Å². The van der Waals surface area contributed by atoms with Crippen LogP contribution in [0.5, 0.6) is 0 Å². The van der Waals surface area contributed by atoms with Gasteiger partial charge in [0.05, 0.1) is 42.8 Å². The van der Waals surface area contributed by atoms with Gasteiger partial charge in [-0.05, 0) is 18.2 Å². The first-order valence-corrected chi connectivity index (χ1v) is 8.61. The van der Waals surface area contributed by atoms with Crippen LogP contribution in [0.3, 0.4) is 0 Å². The van der Waals surface area contributed by atoms with E-state index >= 15 is 0 Å². The number of imidazole rings is 1. The van der Waals surface area contributed by atoms with Gasteiger partial charge in [0, 0.05) is 19.3 Å². The van der Waals surface area contributed by atoms with Crippen molar-refractivity contribution >= 4 is 22.9 Å². The number of nitrogens with zero attached hydrogens (tertiary/aromatic N) is 5. The molecule has 0 radical (unpaired) electrons. The van der Waals surface area contributed by atoms with Crippen LogP contribution in [0.1, 0.15) is 5.69 Å². The predicted molar refractivity (Wildman–Crippen MR) is 96.6 cm³/mol. The van der Waals surface area contributed by atoms with Gasteiger partial charge in [-0.15, -0.1) is 0 Å². The third-order valence-electron chi connectivity index (χ3n) is 4.30. The zero-order valence-corrected chi connectivity index (χ0v) is 14.3. The summed E-state index contributed by atoms with van der Waals surface area (Å²) in [4.78, 5) is 27.5. The van der Waals surface area contributed by atoms with E-state index in [0.29, 0.717) is 25.7 Å². The molecule has 3 heterocycles. The summed E-state index contributed by atoms with van der Waals surface area (Å²) >= 11 is 0. The molecule has 0 unspecified atom stereocenters. The van der Waals surface area contributed by atoms with Gasteiger partial charge in [-0.3, -0.25) is 4.79 Å². The van der Waals surface area contributed by atoms with Crippen LogP contribution < -0.4 is 10.2 Å². The normalized spacial score (nSPS) is 14.5. The molecule has 26 heavy (non-hydrogen) atoms. The molecule has 1 aliphatic heterocycles. The minimum atomic E-state index is -0.0836. The molecule has 0 spiro atoms. The van der Waals surface area contributed by atoms with Gasteiger partial charge in [0.25, 0.3) is 0 Å². The molecule has 8 heteroatoms. The van der Waals surface area contributed by atoms with Gasteiger partial charge in [-0.25, -0.2) is 15.0 Å². The number of aromatic nitrogens is 4. The molecule has 3 aromatic rings. The van der Waals surface area contributed by atoms with Crippen LogP contribution in [-0.4, -0.2) is 51.7 Å². The van der Waals surface area contributed by atoms with Crippen LogP contribution in [0, 0.1) is 0 Å². The van der Waals surface area contributed by atoms with Gasteiger partial charge in [0.1, 0.15) is 6.54 Å². The van der Waals surface area contributed by atoms with Crippen LogP contribution in [0.4, 0.5) is 5.95 Å². The van der Waals surface area contributed by atoms with Gasteiger partial charge in [-0.2, -0.15) is 0 Å². The van der Waals surface area contributed by atoms with Gasteiger partial charge >= 0.3 is 0 Å². The minimum Gasteiger partial charge on any atom is -0.378 e. The van der Waals surface area contributed by atoms with Crippen molar-refractivity contribution in [2.75, 3.05) is 31.2 Å². The van der Waals surface area contributed by atoms with E-state index in [1.54, 1.807) is 12.5 Å². The average Bonchev–Trinajstić information content (AvgIpc) is 3.10. The Balaban J connectivity index is 1.37. The Morgan fingerprint density at radius 3 is 2.88 bits per heavy atom. The molecule has 1 amide bonds. The number of amides is 1. The number of nitrogens with one attached hydrogen (secondary N) is 1. The number of rotatable bonds is 5. The van der Waals surface area contributed by atoms with Crippen molar-refractivity contribution in [2.24, 2.45) is 0 Å². The maximum absolute atomic E-state index is 12.3. The Morgan fingerprint density at radius 2 is 2.00 bits per heavy atom. The van der Waals surface area contributed by atoms with Crippen LogP contribution in [0.2, 0.25) is 0 Å². The molecule has 1 fully saturated rings. The lowest BCUT2D eigenvalue weighted by Gasteiger charge is -2.26. The summed E-state index contributed by atoms with van der Waals surface area (Å²) < 4.78 is 7.19. The summed E-state index contributed by atoms with van der Waals surface area (Å²) in [6.45, 7) is 3.52. The first kappa shape index (κ1) is 16.5. The fourth-order valence-corrected chi connectivity index (χ4v) is 2.93. The Morgan fingerprint density at radius 1 is 1.15 bits per heavy atom. The molecule has 2 aromatic heterocycles. The second-order valence-electron chi connectivity index (χ2n) is 6.09. The summed E-state index contributed by atoms with van der Waals surface area (Å²) in [5.74, 6) is 0.598. The molecule has 0 atom stereocenters. The maximum atomic E-state index is 12.3. The molecule has 1 aliphatic rings. The number of hydrogen-bond donors (Lipinski definition) is 1. The second-order valence-corrected chi connectivity index (χ2v) is 6.09. The van der Waals surface area contributed by atoms with Crippen molar-refractivity contribution in [2.45, 2.75) is 13.1 Å². The van der Waals surface area contributed by atoms with Gasteiger partial charge in [0.15, 0.2) is 0 Å². The number of anilines is 1. The molecule has 1 aromatic carbocycles. The van der Waals surface area contributed by atoms with E-state index in [-0.39, 0.29) is 12.5 Å². The van der Waals surface area contributed by atoms with Crippen LogP contribution in [0.25, 0.3) is 11.0 Å². The number of carbonyl (C=O) groups is 1. The predicted octanol–water partition coefficient (Wildman–Crippen LogP) is 0.979. The van der Waals surface area contributed by atoms with E-state index in [9.17, 15) is 4.79 Å². The monoisotopic (exact) mass is 352 g/mol. The van der Waals surface area contributed by atoms with Crippen LogP contribution in [-0.2, 0) is 22.6 Å². The maximum Gasteiger partial charge on any atom is 0.240 e. The number of ether oxygens (including phenoxy) is 1. The third-order valence-corrected chi connectivity index (χ3v) is 4.30. The smallest absolute Gasteiger partial charge is 0.240 e. The zero-order chi connectivity index (χ0) is 17.8. The van der Waals surface area contributed by atoms with Crippen molar-refractivity contribution in [1.82, 2.24) is 24.8 Å². The third kappa shape index (κ3) is 3.65. The van der Waals surface area contributed by atoms with Crippen molar-refractivity contribution < 1.29 is 9.53 Å². The van der Waals surface area contributed by atoms with Crippen molar-refractivity contribution in [3.63, 3.8) is 0 Å². The number of para-hydroxylation sites is 2. The number of hydrogen-bond acceptors (Lipinski definition) is 6.